The molecule has 1 aromatic heterocycles. The van der Waals surface area contributed by atoms with Gasteiger partial charge < -0.3 is 5.32 Å². The van der Waals surface area contributed by atoms with Gasteiger partial charge in [0.1, 0.15) is 0 Å². The Bertz CT molecular complexity index is 1050. The molecule has 0 radical (unpaired) electrons. The van der Waals surface area contributed by atoms with E-state index in [0.717, 1.165) is 10.4 Å². The molecule has 2 aromatic carbocycles. The first-order valence-corrected chi connectivity index (χ1v) is 11.3. The number of hydrogen-bond donors (Lipinski definition) is 2. The number of thiophene rings is 1. The maximum absolute atomic E-state index is 12.5. The molecule has 2 N–H and O–H groups in total. The molecular weight excluding hydrogens is 416 g/mol. The molecule has 146 valence electrons. The van der Waals surface area contributed by atoms with Crippen LogP contribution in [0.3, 0.4) is 0 Å². The van der Waals surface area contributed by atoms with E-state index in [1.54, 1.807) is 6.07 Å². The lowest BCUT2D eigenvalue weighted by atomic mass is 10.1. The highest BCUT2D eigenvalue weighted by Crippen LogP contribution is 2.22. The molecular formula is C20H19ClN2O3S2. The summed E-state index contributed by atoms with van der Waals surface area (Å²) in [5.41, 5.74) is 1.19. The van der Waals surface area contributed by atoms with Crippen LogP contribution in [-0.4, -0.2) is 14.3 Å². The molecule has 0 saturated heterocycles. The third kappa shape index (κ3) is 4.99. The van der Waals surface area contributed by atoms with Crippen LogP contribution in [0.5, 0.6) is 0 Å². The normalized spacial score (nSPS) is 12.5. The Balaban J connectivity index is 1.66. The highest BCUT2D eigenvalue weighted by molar-refractivity contribution is 7.89. The lowest BCUT2D eigenvalue weighted by Crippen LogP contribution is -2.27. The molecule has 1 heterocycles. The monoisotopic (exact) mass is 434 g/mol. The SMILES string of the molecule is CC(NC(=O)c1ccc(S(=O)(=O)NCc2cccs2)cc1)c1ccccc1Cl. The largest absolute Gasteiger partial charge is 0.345 e. The quantitative estimate of drug-likeness (QED) is 0.579. The van der Waals surface area contributed by atoms with Gasteiger partial charge in [-0.2, -0.15) is 0 Å². The minimum absolute atomic E-state index is 0.111. The first kappa shape index (κ1) is 20.5. The molecule has 1 unspecified atom stereocenters. The second kappa shape index (κ2) is 8.87. The minimum Gasteiger partial charge on any atom is -0.345 e. The van der Waals surface area contributed by atoms with Gasteiger partial charge in [-0.3, -0.25) is 4.79 Å². The molecule has 1 atom stereocenters. The molecule has 8 heteroatoms. The van der Waals surface area contributed by atoms with E-state index in [2.05, 4.69) is 10.0 Å². The molecule has 1 amide bonds. The number of carbonyl (C=O) groups excluding carboxylic acids is 1. The first-order chi connectivity index (χ1) is 13.4. The summed E-state index contributed by atoms with van der Waals surface area (Å²) in [6.07, 6.45) is 0. The average molecular weight is 435 g/mol. The Morgan fingerprint density at radius 1 is 1.07 bits per heavy atom. The number of hydrogen-bond acceptors (Lipinski definition) is 4. The Labute approximate surface area is 173 Å². The number of rotatable bonds is 7. The zero-order valence-corrected chi connectivity index (χ0v) is 17.4. The third-order valence-corrected chi connectivity index (χ3v) is 6.80. The maximum atomic E-state index is 12.5. The second-order valence-corrected chi connectivity index (χ2v) is 9.35. The van der Waals surface area contributed by atoms with Gasteiger partial charge in [0.25, 0.3) is 5.91 Å². The van der Waals surface area contributed by atoms with E-state index in [4.69, 9.17) is 11.6 Å². The van der Waals surface area contributed by atoms with Crippen molar-refractivity contribution in [2.24, 2.45) is 0 Å². The molecule has 28 heavy (non-hydrogen) atoms. The number of benzene rings is 2. The van der Waals surface area contributed by atoms with Crippen LogP contribution in [0.4, 0.5) is 0 Å². The standard InChI is InChI=1S/C20H19ClN2O3S2/c1-14(18-6-2-3-7-19(18)21)23-20(24)15-8-10-17(11-9-15)28(25,26)22-13-16-5-4-12-27-16/h2-12,14,22H,13H2,1H3,(H,23,24). The van der Waals surface area contributed by atoms with Crippen LogP contribution in [0, 0.1) is 0 Å². The molecule has 5 nitrogen and oxygen atoms in total. The van der Waals surface area contributed by atoms with E-state index in [1.165, 1.54) is 35.6 Å². The summed E-state index contributed by atoms with van der Waals surface area (Å²) in [4.78, 5) is 13.5. The Morgan fingerprint density at radius 2 is 1.79 bits per heavy atom. The van der Waals surface area contributed by atoms with Gasteiger partial charge in [-0.15, -0.1) is 11.3 Å². The van der Waals surface area contributed by atoms with Gasteiger partial charge in [-0.05, 0) is 54.3 Å². The lowest BCUT2D eigenvalue weighted by Gasteiger charge is -2.16. The van der Waals surface area contributed by atoms with Crippen molar-refractivity contribution in [3.63, 3.8) is 0 Å². The van der Waals surface area contributed by atoms with Crippen molar-refractivity contribution in [2.45, 2.75) is 24.4 Å². The predicted octanol–water partition coefficient (Wildman–Crippen LogP) is 4.37. The topological polar surface area (TPSA) is 75.3 Å². The van der Waals surface area contributed by atoms with Crippen LogP contribution in [0.1, 0.15) is 33.8 Å². The van der Waals surface area contributed by atoms with Crippen LogP contribution < -0.4 is 10.0 Å². The number of nitrogens with one attached hydrogen (secondary N) is 2. The Kier molecular flexibility index (Phi) is 6.51. The predicted molar refractivity (Wildman–Crippen MR) is 112 cm³/mol. The van der Waals surface area contributed by atoms with Crippen LogP contribution >= 0.6 is 22.9 Å². The van der Waals surface area contributed by atoms with Crippen molar-refractivity contribution in [2.75, 3.05) is 0 Å². The summed E-state index contributed by atoms with van der Waals surface area (Å²) in [5, 5.41) is 5.34. The van der Waals surface area contributed by atoms with Crippen LogP contribution in [0.25, 0.3) is 0 Å². The van der Waals surface area contributed by atoms with E-state index in [1.807, 2.05) is 42.6 Å². The van der Waals surface area contributed by atoms with Crippen LogP contribution in [-0.2, 0) is 16.6 Å². The molecule has 0 aliphatic carbocycles. The van der Waals surface area contributed by atoms with Crippen LogP contribution in [0.2, 0.25) is 5.02 Å². The van der Waals surface area contributed by atoms with Crippen molar-refractivity contribution in [3.8, 4) is 0 Å². The van der Waals surface area contributed by atoms with Crippen molar-refractivity contribution in [3.05, 3.63) is 87.1 Å². The number of sulfonamides is 1. The molecule has 0 aliphatic rings. The zero-order valence-electron chi connectivity index (χ0n) is 15.1. The van der Waals surface area contributed by atoms with E-state index in [9.17, 15) is 13.2 Å². The summed E-state index contributed by atoms with van der Waals surface area (Å²) in [7, 11) is -3.64. The summed E-state index contributed by atoms with van der Waals surface area (Å²) < 4.78 is 27.3. The highest BCUT2D eigenvalue weighted by atomic mass is 35.5. The van der Waals surface area contributed by atoms with E-state index in [-0.39, 0.29) is 23.4 Å². The van der Waals surface area contributed by atoms with Gasteiger partial charge in [-0.1, -0.05) is 35.9 Å². The Morgan fingerprint density at radius 3 is 2.43 bits per heavy atom. The van der Waals surface area contributed by atoms with Crippen LogP contribution in [0.15, 0.2) is 70.9 Å². The minimum atomic E-state index is -3.64. The molecule has 0 spiro atoms. The lowest BCUT2D eigenvalue weighted by molar-refractivity contribution is 0.0940. The summed E-state index contributed by atoms with van der Waals surface area (Å²) >= 11 is 7.64. The van der Waals surface area contributed by atoms with Gasteiger partial charge in [0, 0.05) is 22.0 Å². The molecule has 0 saturated carbocycles. The van der Waals surface area contributed by atoms with Crippen molar-refractivity contribution < 1.29 is 13.2 Å². The van der Waals surface area contributed by atoms with E-state index < -0.39 is 10.0 Å². The number of halogens is 1. The van der Waals surface area contributed by atoms with Gasteiger partial charge >= 0.3 is 0 Å². The number of carbonyl (C=O) groups is 1. The fraction of sp³-hybridized carbons (Fsp3) is 0.150. The molecule has 0 aliphatic heterocycles. The summed E-state index contributed by atoms with van der Waals surface area (Å²) in [6, 6.07) is 16.6. The van der Waals surface area contributed by atoms with Gasteiger partial charge in [0.2, 0.25) is 10.0 Å². The maximum Gasteiger partial charge on any atom is 0.251 e. The van der Waals surface area contributed by atoms with Crippen molar-refractivity contribution in [1.29, 1.82) is 0 Å². The van der Waals surface area contributed by atoms with Crippen molar-refractivity contribution >= 4 is 38.9 Å². The Hall–Kier alpha value is -2.19. The first-order valence-electron chi connectivity index (χ1n) is 8.54. The zero-order chi connectivity index (χ0) is 20.1. The summed E-state index contributed by atoms with van der Waals surface area (Å²) in [5.74, 6) is -0.303. The highest BCUT2D eigenvalue weighted by Gasteiger charge is 2.17. The van der Waals surface area contributed by atoms with E-state index in [0.29, 0.717) is 10.6 Å². The fourth-order valence-electron chi connectivity index (χ4n) is 2.63. The van der Waals surface area contributed by atoms with Gasteiger partial charge in [0.05, 0.1) is 10.9 Å². The van der Waals surface area contributed by atoms with Crippen molar-refractivity contribution in [1.82, 2.24) is 10.0 Å². The van der Waals surface area contributed by atoms with E-state index >= 15 is 0 Å². The molecule has 0 fully saturated rings. The second-order valence-electron chi connectivity index (χ2n) is 6.14. The summed E-state index contributed by atoms with van der Waals surface area (Å²) in [6.45, 7) is 2.07. The smallest absolute Gasteiger partial charge is 0.251 e. The van der Waals surface area contributed by atoms with Gasteiger partial charge in [-0.25, -0.2) is 13.1 Å². The fourth-order valence-corrected chi connectivity index (χ4v) is 4.67. The molecule has 3 rings (SSSR count). The molecule has 0 bridgehead atoms. The number of amides is 1. The van der Waals surface area contributed by atoms with Gasteiger partial charge in [0.15, 0.2) is 0 Å². The molecule has 3 aromatic rings. The third-order valence-electron chi connectivity index (χ3n) is 4.16. The average Bonchev–Trinajstić information content (AvgIpc) is 3.20.